The molecule has 1 saturated heterocycles. The first-order valence-electron chi connectivity index (χ1n) is 5.10. The Bertz CT molecular complexity index is 383. The third kappa shape index (κ3) is 2.44. The highest BCUT2D eigenvalue weighted by Crippen LogP contribution is 2.38. The molecule has 0 spiro atoms. The highest BCUT2D eigenvalue weighted by molar-refractivity contribution is 14.1. The van der Waals surface area contributed by atoms with Crippen molar-refractivity contribution >= 4 is 28.3 Å². The highest BCUT2D eigenvalue weighted by Gasteiger charge is 2.35. The predicted octanol–water partition coefficient (Wildman–Crippen LogP) is 3.91. The minimum atomic E-state index is -4.26. The van der Waals surface area contributed by atoms with Gasteiger partial charge < -0.3 is 4.90 Å². The molecule has 1 aliphatic rings. The molecule has 1 aromatic rings. The summed E-state index contributed by atoms with van der Waals surface area (Å²) in [5, 5.41) is 0. The molecule has 0 aromatic heterocycles. The van der Waals surface area contributed by atoms with Crippen molar-refractivity contribution in [3.63, 3.8) is 0 Å². The maximum atomic E-state index is 12.9. The summed E-state index contributed by atoms with van der Waals surface area (Å²) in [7, 11) is 0. The Morgan fingerprint density at radius 2 is 1.75 bits per heavy atom. The van der Waals surface area contributed by atoms with Crippen LogP contribution in [0.4, 0.5) is 18.9 Å². The first-order valence-corrected chi connectivity index (χ1v) is 6.18. The summed E-state index contributed by atoms with van der Waals surface area (Å²) in [5.74, 6) is 0. The van der Waals surface area contributed by atoms with E-state index in [0.29, 0.717) is 9.26 Å². The summed E-state index contributed by atoms with van der Waals surface area (Å²) in [6.07, 6.45) is -2.31. The Hall–Kier alpha value is -0.460. The van der Waals surface area contributed by atoms with Crippen LogP contribution in [-0.4, -0.2) is 13.1 Å². The van der Waals surface area contributed by atoms with Gasteiger partial charge in [0.15, 0.2) is 0 Å². The molecule has 16 heavy (non-hydrogen) atoms. The van der Waals surface area contributed by atoms with Crippen LogP contribution in [0.3, 0.4) is 0 Å². The summed E-state index contributed by atoms with van der Waals surface area (Å²) in [4.78, 5) is 1.82. The number of halogens is 4. The lowest BCUT2D eigenvalue weighted by atomic mass is 10.1. The SMILES string of the molecule is FC(F)(F)c1cc(I)ccc1N1CCCC1. The Balaban J connectivity index is 2.43. The van der Waals surface area contributed by atoms with Crippen LogP contribution in [0.25, 0.3) is 0 Å². The first kappa shape index (κ1) is 12.0. The van der Waals surface area contributed by atoms with E-state index in [4.69, 9.17) is 0 Å². The van der Waals surface area contributed by atoms with Crippen LogP contribution in [0.15, 0.2) is 18.2 Å². The van der Waals surface area contributed by atoms with E-state index >= 15 is 0 Å². The molecule has 0 amide bonds. The quantitative estimate of drug-likeness (QED) is 0.700. The van der Waals surface area contributed by atoms with Crippen molar-refractivity contribution in [3.8, 4) is 0 Å². The van der Waals surface area contributed by atoms with Crippen LogP contribution in [0.1, 0.15) is 18.4 Å². The summed E-state index contributed by atoms with van der Waals surface area (Å²) >= 11 is 1.91. The molecule has 1 aromatic carbocycles. The average Bonchev–Trinajstić information content (AvgIpc) is 2.69. The van der Waals surface area contributed by atoms with Crippen molar-refractivity contribution < 1.29 is 13.2 Å². The zero-order chi connectivity index (χ0) is 11.8. The van der Waals surface area contributed by atoms with Crippen LogP contribution in [-0.2, 0) is 6.18 Å². The zero-order valence-electron chi connectivity index (χ0n) is 8.52. The third-order valence-corrected chi connectivity index (χ3v) is 3.38. The van der Waals surface area contributed by atoms with E-state index in [2.05, 4.69) is 0 Å². The van der Waals surface area contributed by atoms with Crippen molar-refractivity contribution in [3.05, 3.63) is 27.3 Å². The fourth-order valence-corrected chi connectivity index (χ4v) is 2.46. The van der Waals surface area contributed by atoms with Gasteiger partial charge in [0.05, 0.1) is 5.56 Å². The van der Waals surface area contributed by atoms with Crippen molar-refractivity contribution in [2.75, 3.05) is 18.0 Å². The lowest BCUT2D eigenvalue weighted by Crippen LogP contribution is -2.22. The molecule has 5 heteroatoms. The van der Waals surface area contributed by atoms with Gasteiger partial charge in [-0.05, 0) is 53.6 Å². The van der Waals surface area contributed by atoms with Crippen LogP contribution in [0.5, 0.6) is 0 Å². The Kier molecular flexibility index (Phi) is 3.32. The van der Waals surface area contributed by atoms with Gasteiger partial charge in [0.25, 0.3) is 0 Å². The molecule has 1 fully saturated rings. The number of nitrogens with zero attached hydrogens (tertiary/aromatic N) is 1. The van der Waals surface area contributed by atoms with Gasteiger partial charge >= 0.3 is 6.18 Å². The summed E-state index contributed by atoms with van der Waals surface area (Å²) in [5.41, 5.74) is -0.188. The van der Waals surface area contributed by atoms with Gasteiger partial charge in [-0.3, -0.25) is 0 Å². The van der Waals surface area contributed by atoms with E-state index < -0.39 is 11.7 Å². The second kappa shape index (κ2) is 4.43. The summed E-state index contributed by atoms with van der Waals surface area (Å²) in [6, 6.07) is 4.52. The smallest absolute Gasteiger partial charge is 0.371 e. The highest BCUT2D eigenvalue weighted by atomic mass is 127. The second-order valence-electron chi connectivity index (χ2n) is 3.85. The summed E-state index contributed by atoms with van der Waals surface area (Å²) in [6.45, 7) is 1.45. The third-order valence-electron chi connectivity index (χ3n) is 2.71. The molecule has 0 N–H and O–H groups in total. The standard InChI is InChI=1S/C11H11F3IN/c12-11(13,14)9-7-8(15)3-4-10(9)16-5-1-2-6-16/h3-4,7H,1-2,5-6H2. The molecule has 0 radical (unpaired) electrons. The minimum absolute atomic E-state index is 0.324. The van der Waals surface area contributed by atoms with E-state index in [9.17, 15) is 13.2 Å². The molecule has 0 unspecified atom stereocenters. The molecule has 1 aliphatic heterocycles. The van der Waals surface area contributed by atoms with Gasteiger partial charge in [-0.2, -0.15) is 13.2 Å². The number of alkyl halides is 3. The van der Waals surface area contributed by atoms with Crippen molar-refractivity contribution in [1.29, 1.82) is 0 Å². The lowest BCUT2D eigenvalue weighted by molar-refractivity contribution is -0.137. The van der Waals surface area contributed by atoms with Gasteiger partial charge in [0.1, 0.15) is 0 Å². The Labute approximate surface area is 106 Å². The molecular formula is C11H11F3IN. The van der Waals surface area contributed by atoms with E-state index in [-0.39, 0.29) is 0 Å². The van der Waals surface area contributed by atoms with Crippen LogP contribution in [0, 0.1) is 3.57 Å². The maximum absolute atomic E-state index is 12.9. The molecular weight excluding hydrogens is 330 g/mol. The topological polar surface area (TPSA) is 3.24 Å². The van der Waals surface area contributed by atoms with E-state index in [1.54, 1.807) is 12.1 Å². The fraction of sp³-hybridized carbons (Fsp3) is 0.455. The second-order valence-corrected chi connectivity index (χ2v) is 5.10. The van der Waals surface area contributed by atoms with Crippen LogP contribution >= 0.6 is 22.6 Å². The van der Waals surface area contributed by atoms with Crippen LogP contribution < -0.4 is 4.90 Å². The summed E-state index contributed by atoms with van der Waals surface area (Å²) < 4.78 is 39.2. The van der Waals surface area contributed by atoms with Crippen LogP contribution in [0.2, 0.25) is 0 Å². The van der Waals surface area contributed by atoms with Crippen molar-refractivity contribution in [2.45, 2.75) is 19.0 Å². The molecule has 0 bridgehead atoms. The normalized spacial score (nSPS) is 16.9. The fourth-order valence-electron chi connectivity index (χ4n) is 1.97. The lowest BCUT2D eigenvalue weighted by Gasteiger charge is -2.22. The molecule has 1 heterocycles. The van der Waals surface area contributed by atoms with Gasteiger partial charge in [0.2, 0.25) is 0 Å². The zero-order valence-corrected chi connectivity index (χ0v) is 10.7. The number of rotatable bonds is 1. The van der Waals surface area contributed by atoms with Crippen molar-refractivity contribution in [2.24, 2.45) is 0 Å². The molecule has 0 saturated carbocycles. The van der Waals surface area contributed by atoms with Crippen molar-refractivity contribution in [1.82, 2.24) is 0 Å². The molecule has 0 atom stereocenters. The Morgan fingerprint density at radius 3 is 2.31 bits per heavy atom. The van der Waals surface area contributed by atoms with Gasteiger partial charge in [-0.15, -0.1) is 0 Å². The van der Waals surface area contributed by atoms with E-state index in [1.807, 2.05) is 27.5 Å². The number of anilines is 1. The number of hydrogen-bond donors (Lipinski definition) is 0. The average molecular weight is 341 g/mol. The van der Waals surface area contributed by atoms with E-state index in [0.717, 1.165) is 25.9 Å². The van der Waals surface area contributed by atoms with Gasteiger partial charge in [0, 0.05) is 22.3 Å². The number of hydrogen-bond acceptors (Lipinski definition) is 1. The Morgan fingerprint density at radius 1 is 1.12 bits per heavy atom. The molecule has 2 rings (SSSR count). The van der Waals surface area contributed by atoms with Gasteiger partial charge in [-0.1, -0.05) is 0 Å². The number of benzene rings is 1. The molecule has 0 aliphatic carbocycles. The first-order chi connectivity index (χ1) is 7.48. The molecule has 88 valence electrons. The monoisotopic (exact) mass is 341 g/mol. The van der Waals surface area contributed by atoms with E-state index in [1.165, 1.54) is 6.07 Å². The molecule has 1 nitrogen and oxygen atoms in total. The minimum Gasteiger partial charge on any atom is -0.371 e. The van der Waals surface area contributed by atoms with Gasteiger partial charge in [-0.25, -0.2) is 0 Å². The maximum Gasteiger partial charge on any atom is 0.418 e. The largest absolute Gasteiger partial charge is 0.418 e. The predicted molar refractivity (Wildman–Crippen MR) is 65.6 cm³/mol.